The fraction of sp³-hybridized carbons (Fsp3) is 0.208. The molecule has 0 unspecified atom stereocenters. The van der Waals surface area contributed by atoms with Crippen LogP contribution in [0.4, 0.5) is 32.0 Å². The van der Waals surface area contributed by atoms with E-state index in [1.54, 1.807) is 12.1 Å². The number of rotatable bonds is 6. The van der Waals surface area contributed by atoms with Gasteiger partial charge in [-0.05, 0) is 60.0 Å². The van der Waals surface area contributed by atoms with Crippen molar-refractivity contribution in [2.75, 3.05) is 11.9 Å². The molecule has 182 valence electrons. The lowest BCUT2D eigenvalue weighted by molar-refractivity contribution is -0.138. The van der Waals surface area contributed by atoms with E-state index in [1.165, 1.54) is 12.1 Å². The van der Waals surface area contributed by atoms with Crippen molar-refractivity contribution < 1.29 is 36.2 Å². The van der Waals surface area contributed by atoms with Gasteiger partial charge in [-0.1, -0.05) is 41.9 Å². The van der Waals surface area contributed by atoms with Gasteiger partial charge in [-0.15, -0.1) is 0 Å². The summed E-state index contributed by atoms with van der Waals surface area (Å²) in [6.45, 7) is 0.631. The van der Waals surface area contributed by atoms with Crippen molar-refractivity contribution >= 4 is 23.3 Å². The first-order chi connectivity index (χ1) is 15.8. The van der Waals surface area contributed by atoms with Crippen LogP contribution in [-0.4, -0.2) is 17.6 Å². The topological polar surface area (TPSA) is 49.3 Å². The van der Waals surface area contributed by atoms with Crippen molar-refractivity contribution in [3.05, 3.63) is 100 Å². The summed E-state index contributed by atoms with van der Waals surface area (Å²) in [5.74, 6) is -1.07. The molecule has 0 bridgehead atoms. The minimum absolute atomic E-state index is 0.266. The molecule has 0 heterocycles. The van der Waals surface area contributed by atoms with Crippen molar-refractivity contribution in [3.8, 4) is 0 Å². The number of carboxylic acids is 1. The lowest BCUT2D eigenvalue weighted by atomic mass is 10.1. The zero-order valence-corrected chi connectivity index (χ0v) is 18.3. The summed E-state index contributed by atoms with van der Waals surface area (Å²) in [5.41, 5.74) is 0.707. The van der Waals surface area contributed by atoms with E-state index in [2.05, 4.69) is 5.32 Å². The highest BCUT2D eigenvalue weighted by Crippen LogP contribution is 2.30. The highest BCUT2D eigenvalue weighted by molar-refractivity contribution is 6.30. The number of carboxylic acid groups (broad SMARTS) is 1. The Morgan fingerprint density at radius 1 is 0.794 bits per heavy atom. The van der Waals surface area contributed by atoms with E-state index in [0.29, 0.717) is 23.6 Å². The Morgan fingerprint density at radius 2 is 1.29 bits per heavy atom. The lowest BCUT2D eigenvalue weighted by Gasteiger charge is -2.09. The van der Waals surface area contributed by atoms with Crippen LogP contribution in [0.2, 0.25) is 5.02 Å². The second-order valence-corrected chi connectivity index (χ2v) is 7.58. The molecule has 3 aromatic rings. The van der Waals surface area contributed by atoms with Crippen molar-refractivity contribution in [2.24, 2.45) is 0 Å². The van der Waals surface area contributed by atoms with Crippen LogP contribution in [0, 0.1) is 0 Å². The predicted octanol–water partition coefficient (Wildman–Crippen LogP) is 7.35. The Bertz CT molecular complexity index is 1060. The van der Waals surface area contributed by atoms with E-state index in [9.17, 15) is 31.1 Å². The largest absolute Gasteiger partial charge is 0.481 e. The van der Waals surface area contributed by atoms with Gasteiger partial charge in [-0.25, -0.2) is 0 Å². The van der Waals surface area contributed by atoms with E-state index in [4.69, 9.17) is 16.7 Å². The second kappa shape index (κ2) is 11.8. The van der Waals surface area contributed by atoms with Crippen LogP contribution in [-0.2, 0) is 30.0 Å². The number of benzene rings is 3. The quantitative estimate of drug-likeness (QED) is 0.346. The van der Waals surface area contributed by atoms with E-state index in [1.807, 2.05) is 12.1 Å². The summed E-state index contributed by atoms with van der Waals surface area (Å²) in [4.78, 5) is 10.2. The maximum absolute atomic E-state index is 12.4. The molecule has 0 amide bonds. The molecule has 0 atom stereocenters. The van der Waals surface area contributed by atoms with Crippen LogP contribution in [0.3, 0.4) is 0 Å². The molecular weight excluding hydrogens is 484 g/mol. The summed E-state index contributed by atoms with van der Waals surface area (Å²) < 4.78 is 73.4. The van der Waals surface area contributed by atoms with Crippen LogP contribution < -0.4 is 5.32 Å². The zero-order valence-electron chi connectivity index (χ0n) is 17.6. The number of hydrogen-bond acceptors (Lipinski definition) is 2. The molecule has 0 aromatic heterocycles. The molecule has 2 N–H and O–H groups in total. The van der Waals surface area contributed by atoms with Gasteiger partial charge in [0.15, 0.2) is 0 Å². The second-order valence-electron chi connectivity index (χ2n) is 7.15. The molecule has 0 fully saturated rings. The summed E-state index contributed by atoms with van der Waals surface area (Å²) >= 11 is 5.85. The summed E-state index contributed by atoms with van der Waals surface area (Å²) in [6, 6.07) is 16.6. The maximum atomic E-state index is 12.4. The van der Waals surface area contributed by atoms with Crippen LogP contribution in [0.25, 0.3) is 0 Å². The predicted molar refractivity (Wildman–Crippen MR) is 118 cm³/mol. The van der Waals surface area contributed by atoms with E-state index in [0.717, 1.165) is 47.6 Å². The molecule has 34 heavy (non-hydrogen) atoms. The van der Waals surface area contributed by atoms with Crippen molar-refractivity contribution in [1.29, 1.82) is 0 Å². The van der Waals surface area contributed by atoms with E-state index in [-0.39, 0.29) is 6.42 Å². The SMILES string of the molecule is FC(F)(F)c1ccc(CCNc2cccc(Cl)c2)cc1.O=C(O)Cc1ccc(C(F)(F)F)cc1. The monoisotopic (exact) mass is 503 g/mol. The summed E-state index contributed by atoms with van der Waals surface area (Å²) in [6.07, 6.45) is -8.28. The average molecular weight is 504 g/mol. The minimum atomic E-state index is -4.37. The number of nitrogens with one attached hydrogen (secondary N) is 1. The van der Waals surface area contributed by atoms with Crippen LogP contribution in [0.1, 0.15) is 22.3 Å². The number of halogens is 7. The first kappa shape index (κ1) is 27.0. The highest BCUT2D eigenvalue weighted by Gasteiger charge is 2.30. The molecule has 3 aromatic carbocycles. The van der Waals surface area contributed by atoms with Crippen molar-refractivity contribution in [2.45, 2.75) is 25.2 Å². The Morgan fingerprint density at radius 3 is 1.74 bits per heavy atom. The molecular formula is C24H20ClF6NO2. The van der Waals surface area contributed by atoms with Crippen LogP contribution in [0.15, 0.2) is 72.8 Å². The molecule has 3 rings (SSSR count). The molecule has 0 aliphatic heterocycles. The van der Waals surface area contributed by atoms with Gasteiger partial charge >= 0.3 is 18.3 Å². The normalized spacial score (nSPS) is 11.4. The Balaban J connectivity index is 0.000000257. The number of aliphatic carboxylic acids is 1. The van der Waals surface area contributed by atoms with Gasteiger partial charge in [0, 0.05) is 17.3 Å². The Kier molecular flexibility index (Phi) is 9.37. The summed E-state index contributed by atoms with van der Waals surface area (Å²) in [5, 5.41) is 12.2. The third-order valence-electron chi connectivity index (χ3n) is 4.49. The van der Waals surface area contributed by atoms with Gasteiger partial charge < -0.3 is 10.4 Å². The van der Waals surface area contributed by atoms with Gasteiger partial charge in [0.2, 0.25) is 0 Å². The van der Waals surface area contributed by atoms with Gasteiger partial charge in [-0.2, -0.15) is 26.3 Å². The Labute approximate surface area is 197 Å². The van der Waals surface area contributed by atoms with E-state index < -0.39 is 29.4 Å². The van der Waals surface area contributed by atoms with Crippen molar-refractivity contribution in [1.82, 2.24) is 0 Å². The molecule has 0 saturated heterocycles. The zero-order chi connectivity index (χ0) is 25.4. The molecule has 0 saturated carbocycles. The van der Waals surface area contributed by atoms with Crippen molar-refractivity contribution in [3.63, 3.8) is 0 Å². The number of alkyl halides is 6. The third kappa shape index (κ3) is 9.35. The highest BCUT2D eigenvalue weighted by atomic mass is 35.5. The molecule has 0 spiro atoms. The van der Waals surface area contributed by atoms with Gasteiger partial charge in [0.25, 0.3) is 0 Å². The number of carbonyl (C=O) groups is 1. The summed E-state index contributed by atoms with van der Waals surface area (Å²) in [7, 11) is 0. The smallest absolute Gasteiger partial charge is 0.416 e. The first-order valence-electron chi connectivity index (χ1n) is 9.88. The molecule has 10 heteroatoms. The fourth-order valence-corrected chi connectivity index (χ4v) is 2.99. The van der Waals surface area contributed by atoms with Gasteiger partial charge in [-0.3, -0.25) is 4.79 Å². The molecule has 0 radical (unpaired) electrons. The molecule has 0 aliphatic carbocycles. The standard InChI is InChI=1S/C15H13ClF3N.C9H7F3O2/c16-13-2-1-3-14(10-13)20-9-8-11-4-6-12(7-5-11)15(17,18)19;10-9(11,12)7-3-1-6(2-4-7)5-8(13)14/h1-7,10,20H,8-9H2;1-4H,5H2,(H,13,14). The maximum Gasteiger partial charge on any atom is 0.416 e. The molecule has 0 aliphatic rings. The number of hydrogen-bond donors (Lipinski definition) is 2. The fourth-order valence-electron chi connectivity index (χ4n) is 2.80. The molecule has 3 nitrogen and oxygen atoms in total. The van der Waals surface area contributed by atoms with Crippen LogP contribution >= 0.6 is 11.6 Å². The van der Waals surface area contributed by atoms with Gasteiger partial charge in [0.1, 0.15) is 0 Å². The third-order valence-corrected chi connectivity index (χ3v) is 4.72. The van der Waals surface area contributed by atoms with Crippen LogP contribution in [0.5, 0.6) is 0 Å². The Hall–Kier alpha value is -3.20. The minimum Gasteiger partial charge on any atom is -0.481 e. The first-order valence-corrected chi connectivity index (χ1v) is 10.3. The number of anilines is 1. The lowest BCUT2D eigenvalue weighted by Crippen LogP contribution is -2.07. The average Bonchev–Trinajstić information content (AvgIpc) is 2.73. The van der Waals surface area contributed by atoms with Gasteiger partial charge in [0.05, 0.1) is 17.5 Å². The van der Waals surface area contributed by atoms with E-state index >= 15 is 0 Å².